The standard InChI is InChI=1S/C17H22N2O2/c1-2-18-17-14(11-20-12-15-7-5-9-21-15)10-13-6-3-4-8-16(13)19-17/h3-4,6,8,10,15H,2,5,7,9,11-12H2,1H3,(H,18,19). The minimum atomic E-state index is 0.265. The van der Waals surface area contributed by atoms with Crippen LogP contribution in [0.1, 0.15) is 25.3 Å². The van der Waals surface area contributed by atoms with E-state index in [4.69, 9.17) is 14.5 Å². The minimum absolute atomic E-state index is 0.265. The van der Waals surface area contributed by atoms with Crippen LogP contribution in [0.5, 0.6) is 0 Å². The first-order valence-electron chi connectivity index (χ1n) is 7.68. The zero-order valence-electron chi connectivity index (χ0n) is 12.5. The lowest BCUT2D eigenvalue weighted by atomic mass is 10.1. The van der Waals surface area contributed by atoms with Gasteiger partial charge in [0.05, 0.1) is 24.8 Å². The highest BCUT2D eigenvalue weighted by molar-refractivity contribution is 5.81. The quantitative estimate of drug-likeness (QED) is 0.884. The zero-order chi connectivity index (χ0) is 14.5. The number of anilines is 1. The third kappa shape index (κ3) is 3.52. The van der Waals surface area contributed by atoms with E-state index in [1.165, 1.54) is 0 Å². The Morgan fingerprint density at radius 1 is 1.38 bits per heavy atom. The highest BCUT2D eigenvalue weighted by Gasteiger charge is 2.16. The number of pyridine rings is 1. The van der Waals surface area contributed by atoms with Crippen LogP contribution in [-0.4, -0.2) is 30.8 Å². The second-order valence-corrected chi connectivity index (χ2v) is 5.37. The maximum atomic E-state index is 5.83. The van der Waals surface area contributed by atoms with E-state index >= 15 is 0 Å². The highest BCUT2D eigenvalue weighted by atomic mass is 16.5. The molecule has 2 aromatic rings. The summed E-state index contributed by atoms with van der Waals surface area (Å²) in [6.07, 6.45) is 2.52. The number of ether oxygens (including phenoxy) is 2. The smallest absolute Gasteiger partial charge is 0.132 e. The first kappa shape index (κ1) is 14.3. The van der Waals surface area contributed by atoms with Crippen LogP contribution < -0.4 is 5.32 Å². The van der Waals surface area contributed by atoms with Crippen molar-refractivity contribution >= 4 is 16.7 Å². The topological polar surface area (TPSA) is 43.4 Å². The molecule has 0 amide bonds. The van der Waals surface area contributed by atoms with E-state index in [1.54, 1.807) is 0 Å². The second-order valence-electron chi connectivity index (χ2n) is 5.37. The van der Waals surface area contributed by atoms with Crippen LogP contribution in [0.4, 0.5) is 5.82 Å². The molecule has 0 bridgehead atoms. The Morgan fingerprint density at radius 3 is 3.10 bits per heavy atom. The van der Waals surface area contributed by atoms with Crippen molar-refractivity contribution in [2.75, 3.05) is 25.1 Å². The summed E-state index contributed by atoms with van der Waals surface area (Å²) in [4.78, 5) is 4.69. The third-order valence-corrected chi connectivity index (χ3v) is 3.73. The van der Waals surface area contributed by atoms with Crippen molar-refractivity contribution in [3.63, 3.8) is 0 Å². The van der Waals surface area contributed by atoms with Gasteiger partial charge < -0.3 is 14.8 Å². The number of hydrogen-bond acceptors (Lipinski definition) is 4. The van der Waals surface area contributed by atoms with Gasteiger partial charge in [0, 0.05) is 24.1 Å². The monoisotopic (exact) mass is 286 g/mol. The Balaban J connectivity index is 1.73. The number of benzene rings is 1. The number of para-hydroxylation sites is 1. The van der Waals surface area contributed by atoms with Gasteiger partial charge in [-0.05, 0) is 31.9 Å². The summed E-state index contributed by atoms with van der Waals surface area (Å²) in [7, 11) is 0. The maximum Gasteiger partial charge on any atom is 0.132 e. The van der Waals surface area contributed by atoms with Crippen molar-refractivity contribution in [1.82, 2.24) is 4.98 Å². The number of hydrogen-bond donors (Lipinski definition) is 1. The third-order valence-electron chi connectivity index (χ3n) is 3.73. The van der Waals surface area contributed by atoms with Gasteiger partial charge in [0.25, 0.3) is 0 Å². The summed E-state index contributed by atoms with van der Waals surface area (Å²) >= 11 is 0. The summed E-state index contributed by atoms with van der Waals surface area (Å²) in [6.45, 7) is 5.03. The van der Waals surface area contributed by atoms with Crippen molar-refractivity contribution in [1.29, 1.82) is 0 Å². The van der Waals surface area contributed by atoms with Crippen LogP contribution in [-0.2, 0) is 16.1 Å². The summed E-state index contributed by atoms with van der Waals surface area (Å²) in [5.74, 6) is 0.920. The van der Waals surface area contributed by atoms with E-state index in [9.17, 15) is 0 Å². The molecule has 0 saturated carbocycles. The van der Waals surface area contributed by atoms with E-state index in [0.717, 1.165) is 48.3 Å². The lowest BCUT2D eigenvalue weighted by Crippen LogP contribution is -2.14. The van der Waals surface area contributed by atoms with E-state index < -0.39 is 0 Å². The number of aromatic nitrogens is 1. The summed E-state index contributed by atoms with van der Waals surface area (Å²) in [5.41, 5.74) is 2.12. The molecule has 1 aliphatic heterocycles. The van der Waals surface area contributed by atoms with Crippen LogP contribution in [0.3, 0.4) is 0 Å². The van der Waals surface area contributed by atoms with Crippen molar-refractivity contribution in [2.45, 2.75) is 32.5 Å². The van der Waals surface area contributed by atoms with Gasteiger partial charge in [0.1, 0.15) is 5.82 Å². The second kappa shape index (κ2) is 6.87. The number of fused-ring (bicyclic) bond motifs is 1. The molecule has 21 heavy (non-hydrogen) atoms. The Labute approximate surface area is 125 Å². The molecule has 1 aliphatic rings. The highest BCUT2D eigenvalue weighted by Crippen LogP contribution is 2.22. The van der Waals surface area contributed by atoms with Crippen LogP contribution in [0.25, 0.3) is 10.9 Å². The molecule has 0 spiro atoms. The first-order valence-corrected chi connectivity index (χ1v) is 7.68. The number of nitrogens with one attached hydrogen (secondary N) is 1. The Kier molecular flexibility index (Phi) is 4.68. The van der Waals surface area contributed by atoms with Crippen molar-refractivity contribution < 1.29 is 9.47 Å². The van der Waals surface area contributed by atoms with Gasteiger partial charge in [-0.15, -0.1) is 0 Å². The molecule has 1 saturated heterocycles. The number of rotatable bonds is 6. The molecule has 1 unspecified atom stereocenters. The fourth-order valence-corrected chi connectivity index (χ4v) is 2.67. The lowest BCUT2D eigenvalue weighted by Gasteiger charge is -2.14. The van der Waals surface area contributed by atoms with E-state index in [1.807, 2.05) is 18.2 Å². The van der Waals surface area contributed by atoms with Crippen molar-refractivity contribution in [3.05, 3.63) is 35.9 Å². The molecular formula is C17H22N2O2. The fraction of sp³-hybridized carbons (Fsp3) is 0.471. The lowest BCUT2D eigenvalue weighted by molar-refractivity contribution is 0.0107. The van der Waals surface area contributed by atoms with E-state index in [2.05, 4.69) is 24.4 Å². The predicted molar refractivity (Wildman–Crippen MR) is 84.5 cm³/mol. The maximum absolute atomic E-state index is 5.83. The molecular weight excluding hydrogens is 264 g/mol. The van der Waals surface area contributed by atoms with Crippen LogP contribution >= 0.6 is 0 Å². The summed E-state index contributed by atoms with van der Waals surface area (Å²) in [5, 5.41) is 4.47. The zero-order valence-corrected chi connectivity index (χ0v) is 12.5. The molecule has 3 rings (SSSR count). The normalized spacial score (nSPS) is 18.2. The molecule has 2 heterocycles. The van der Waals surface area contributed by atoms with E-state index in [-0.39, 0.29) is 6.10 Å². The van der Waals surface area contributed by atoms with Gasteiger partial charge in [0.2, 0.25) is 0 Å². The Hall–Kier alpha value is -1.65. The molecule has 1 fully saturated rings. The molecule has 1 N–H and O–H groups in total. The van der Waals surface area contributed by atoms with Gasteiger partial charge in [-0.25, -0.2) is 4.98 Å². The van der Waals surface area contributed by atoms with Gasteiger partial charge in [0.15, 0.2) is 0 Å². The SMILES string of the molecule is CCNc1nc2ccccc2cc1COCC1CCCO1. The van der Waals surface area contributed by atoms with Crippen molar-refractivity contribution in [3.8, 4) is 0 Å². The predicted octanol–water partition coefficient (Wildman–Crippen LogP) is 3.36. The number of nitrogens with zero attached hydrogens (tertiary/aromatic N) is 1. The largest absolute Gasteiger partial charge is 0.376 e. The average molecular weight is 286 g/mol. The first-order chi connectivity index (χ1) is 10.4. The van der Waals surface area contributed by atoms with Crippen LogP contribution in [0.15, 0.2) is 30.3 Å². The summed E-state index contributed by atoms with van der Waals surface area (Å²) in [6, 6.07) is 10.3. The van der Waals surface area contributed by atoms with Gasteiger partial charge in [-0.2, -0.15) is 0 Å². The van der Waals surface area contributed by atoms with Gasteiger partial charge in [-0.1, -0.05) is 18.2 Å². The van der Waals surface area contributed by atoms with Crippen LogP contribution in [0, 0.1) is 0 Å². The molecule has 1 atom stereocenters. The van der Waals surface area contributed by atoms with Crippen LogP contribution in [0.2, 0.25) is 0 Å². The molecule has 4 nitrogen and oxygen atoms in total. The molecule has 4 heteroatoms. The van der Waals surface area contributed by atoms with Gasteiger partial charge >= 0.3 is 0 Å². The minimum Gasteiger partial charge on any atom is -0.376 e. The molecule has 1 aromatic heterocycles. The fourth-order valence-electron chi connectivity index (χ4n) is 2.67. The molecule has 0 aliphatic carbocycles. The summed E-state index contributed by atoms with van der Waals surface area (Å²) < 4.78 is 11.4. The average Bonchev–Trinajstić information content (AvgIpc) is 3.01. The van der Waals surface area contributed by atoms with Gasteiger partial charge in [-0.3, -0.25) is 0 Å². The molecule has 112 valence electrons. The molecule has 1 aromatic carbocycles. The Bertz CT molecular complexity index is 594. The van der Waals surface area contributed by atoms with E-state index in [0.29, 0.717) is 13.2 Å². The molecule has 0 radical (unpaired) electrons. The van der Waals surface area contributed by atoms with Crippen molar-refractivity contribution in [2.24, 2.45) is 0 Å². The Morgan fingerprint density at radius 2 is 2.29 bits per heavy atom.